The molecular formula is C45H39BN2O11. The quantitative estimate of drug-likeness (QED) is 0.0554. The molecule has 5 aromatic rings. The SMILES string of the molecule is CC(=O)Oc1ccc2c(c1)Oc1cc(OC(C)=O)ccc1C21OC(=O)c2ccc(C(=O)N/N=C/c3ccccc3OCc3ccc(B4OC(C)(C)C(C)(C)O4)cc3)cc21. The molecule has 3 heterocycles. The summed E-state index contributed by atoms with van der Waals surface area (Å²) >= 11 is 0. The molecule has 298 valence electrons. The summed E-state index contributed by atoms with van der Waals surface area (Å²) in [5, 5.41) is 4.23. The lowest BCUT2D eigenvalue weighted by Gasteiger charge is -2.36. The van der Waals surface area contributed by atoms with E-state index in [2.05, 4.69) is 10.5 Å². The van der Waals surface area contributed by atoms with Gasteiger partial charge in [-0.1, -0.05) is 36.4 Å². The zero-order chi connectivity index (χ0) is 41.7. The lowest BCUT2D eigenvalue weighted by Crippen LogP contribution is -2.41. The fourth-order valence-electron chi connectivity index (χ4n) is 7.14. The lowest BCUT2D eigenvalue weighted by atomic mass is 9.77. The fourth-order valence-corrected chi connectivity index (χ4v) is 7.14. The van der Waals surface area contributed by atoms with Crippen LogP contribution in [0.3, 0.4) is 0 Å². The first-order chi connectivity index (χ1) is 28.1. The van der Waals surface area contributed by atoms with E-state index in [0.29, 0.717) is 28.0 Å². The van der Waals surface area contributed by atoms with Gasteiger partial charge in [0.05, 0.1) is 23.0 Å². The van der Waals surface area contributed by atoms with Gasteiger partial charge in [0.1, 0.15) is 35.4 Å². The van der Waals surface area contributed by atoms with Crippen molar-refractivity contribution in [2.75, 3.05) is 0 Å². The Morgan fingerprint density at radius 1 is 0.746 bits per heavy atom. The number of carbonyl (C=O) groups is 4. The average Bonchev–Trinajstić information content (AvgIpc) is 3.60. The van der Waals surface area contributed by atoms with Gasteiger partial charge in [0, 0.05) is 53.8 Å². The Labute approximate surface area is 340 Å². The number of para-hydroxylation sites is 1. The van der Waals surface area contributed by atoms with Gasteiger partial charge in [-0.05, 0) is 93.3 Å². The van der Waals surface area contributed by atoms with Gasteiger partial charge in [0.25, 0.3) is 5.91 Å². The van der Waals surface area contributed by atoms with Crippen molar-refractivity contribution in [2.45, 2.75) is 65.0 Å². The molecule has 0 bridgehead atoms. The maximum absolute atomic E-state index is 13.6. The van der Waals surface area contributed by atoms with Gasteiger partial charge >= 0.3 is 25.0 Å². The maximum atomic E-state index is 13.6. The number of hydrogen-bond acceptors (Lipinski definition) is 12. The van der Waals surface area contributed by atoms with Crippen LogP contribution in [0, 0.1) is 0 Å². The fraction of sp³-hybridized carbons (Fsp3) is 0.222. The lowest BCUT2D eigenvalue weighted by molar-refractivity contribution is -0.132. The molecule has 1 spiro atoms. The van der Waals surface area contributed by atoms with Crippen LogP contribution in [-0.2, 0) is 35.8 Å². The number of hydrazone groups is 1. The van der Waals surface area contributed by atoms with Crippen LogP contribution >= 0.6 is 0 Å². The van der Waals surface area contributed by atoms with Gasteiger partial charge in [-0.3, -0.25) is 14.4 Å². The van der Waals surface area contributed by atoms with E-state index in [4.69, 9.17) is 33.0 Å². The Balaban J connectivity index is 1.02. The zero-order valence-electron chi connectivity index (χ0n) is 33.1. The number of amides is 1. The highest BCUT2D eigenvalue weighted by Crippen LogP contribution is 2.57. The normalized spacial score (nSPS) is 16.4. The summed E-state index contributed by atoms with van der Waals surface area (Å²) in [5.41, 5.74) is 4.23. The largest absolute Gasteiger partial charge is 0.494 e. The topological polar surface area (TPSA) is 157 Å². The summed E-state index contributed by atoms with van der Waals surface area (Å²) in [6.45, 7) is 10.9. The highest BCUT2D eigenvalue weighted by molar-refractivity contribution is 6.62. The molecular weight excluding hydrogens is 755 g/mol. The van der Waals surface area contributed by atoms with Crippen molar-refractivity contribution in [3.63, 3.8) is 0 Å². The van der Waals surface area contributed by atoms with E-state index in [1.54, 1.807) is 30.3 Å². The van der Waals surface area contributed by atoms with Gasteiger partial charge < -0.3 is 33.0 Å². The van der Waals surface area contributed by atoms with E-state index < -0.39 is 47.7 Å². The van der Waals surface area contributed by atoms with Crippen LogP contribution in [0.1, 0.15) is 90.1 Å². The van der Waals surface area contributed by atoms with E-state index >= 15 is 0 Å². The molecule has 8 rings (SSSR count). The number of esters is 3. The van der Waals surface area contributed by atoms with Gasteiger partial charge in [-0.2, -0.15) is 5.10 Å². The Morgan fingerprint density at radius 2 is 1.36 bits per heavy atom. The first-order valence-electron chi connectivity index (χ1n) is 18.8. The summed E-state index contributed by atoms with van der Waals surface area (Å²) in [4.78, 5) is 50.7. The average molecular weight is 795 g/mol. The van der Waals surface area contributed by atoms with Crippen LogP contribution in [0.2, 0.25) is 0 Å². The van der Waals surface area contributed by atoms with E-state index in [1.807, 2.05) is 76.2 Å². The molecule has 5 aromatic carbocycles. The molecule has 0 unspecified atom stereocenters. The molecule has 59 heavy (non-hydrogen) atoms. The van der Waals surface area contributed by atoms with Crippen molar-refractivity contribution in [2.24, 2.45) is 5.10 Å². The molecule has 0 aromatic heterocycles. The minimum absolute atomic E-state index is 0.190. The molecule has 3 aliphatic heterocycles. The molecule has 13 nitrogen and oxygen atoms in total. The van der Waals surface area contributed by atoms with Crippen molar-refractivity contribution in [1.29, 1.82) is 0 Å². The molecule has 1 fully saturated rings. The van der Waals surface area contributed by atoms with Crippen LogP contribution in [0.25, 0.3) is 0 Å². The van der Waals surface area contributed by atoms with Crippen LogP contribution in [0.15, 0.2) is 108 Å². The highest BCUT2D eigenvalue weighted by Gasteiger charge is 2.54. The first kappa shape index (κ1) is 39.1. The van der Waals surface area contributed by atoms with E-state index in [-0.39, 0.29) is 40.7 Å². The number of ether oxygens (including phenoxy) is 5. The molecule has 14 heteroatoms. The summed E-state index contributed by atoms with van der Waals surface area (Å²) in [7, 11) is -0.460. The minimum Gasteiger partial charge on any atom is -0.488 e. The molecule has 0 radical (unpaired) electrons. The third kappa shape index (κ3) is 7.32. The number of hydrogen-bond donors (Lipinski definition) is 1. The van der Waals surface area contributed by atoms with Crippen LogP contribution in [-0.4, -0.2) is 48.4 Å². The van der Waals surface area contributed by atoms with Crippen molar-refractivity contribution in [1.82, 2.24) is 5.43 Å². The van der Waals surface area contributed by atoms with Crippen molar-refractivity contribution >= 4 is 42.6 Å². The second-order valence-electron chi connectivity index (χ2n) is 15.3. The van der Waals surface area contributed by atoms with Gasteiger partial charge in [0.2, 0.25) is 0 Å². The summed E-state index contributed by atoms with van der Waals surface area (Å²) < 4.78 is 41.6. The second kappa shape index (κ2) is 14.9. The molecule has 1 amide bonds. The van der Waals surface area contributed by atoms with E-state index in [0.717, 1.165) is 11.0 Å². The van der Waals surface area contributed by atoms with Gasteiger partial charge in [0.15, 0.2) is 5.60 Å². The Bertz CT molecular complexity index is 2480. The number of nitrogens with zero attached hydrogens (tertiary/aromatic N) is 1. The van der Waals surface area contributed by atoms with Crippen LogP contribution in [0.5, 0.6) is 28.7 Å². The van der Waals surface area contributed by atoms with Crippen molar-refractivity contribution < 1.29 is 52.2 Å². The summed E-state index contributed by atoms with van der Waals surface area (Å²) in [6, 6.07) is 29.1. The summed E-state index contributed by atoms with van der Waals surface area (Å²) in [6.07, 6.45) is 1.49. The van der Waals surface area contributed by atoms with Gasteiger partial charge in [-0.15, -0.1) is 0 Å². The van der Waals surface area contributed by atoms with Crippen LogP contribution < -0.4 is 29.8 Å². The molecule has 3 aliphatic rings. The van der Waals surface area contributed by atoms with Crippen molar-refractivity contribution in [3.05, 3.63) is 142 Å². The predicted molar refractivity (Wildman–Crippen MR) is 215 cm³/mol. The molecule has 0 aliphatic carbocycles. The Morgan fingerprint density at radius 3 is 1.97 bits per heavy atom. The standard InChI is InChI=1S/C45H39BN2O11/c1-26(49)54-32-16-19-35-39(22-32)56-40-23-33(55-27(2)50)17-20-36(40)45(35)37-21-29(13-18-34(37)42(52)57-45)41(51)48-47-24-30-9-7-8-10-38(30)53-25-28-11-14-31(15-12-28)46-58-43(3,4)44(5,6)59-46/h7-24H,25H2,1-6H3,(H,48,51)/b47-24+. The smallest absolute Gasteiger partial charge is 0.488 e. The molecule has 0 atom stereocenters. The number of benzene rings is 5. The maximum Gasteiger partial charge on any atom is 0.494 e. The number of fused-ring (bicyclic) bond motifs is 6. The second-order valence-corrected chi connectivity index (χ2v) is 15.3. The molecule has 1 N–H and O–H groups in total. The highest BCUT2D eigenvalue weighted by atomic mass is 16.7. The minimum atomic E-state index is -1.58. The van der Waals surface area contributed by atoms with E-state index in [9.17, 15) is 19.2 Å². The number of carbonyl (C=O) groups excluding carboxylic acids is 4. The van der Waals surface area contributed by atoms with Crippen molar-refractivity contribution in [3.8, 4) is 28.7 Å². The zero-order valence-corrected chi connectivity index (χ0v) is 33.1. The Kier molecular flexibility index (Phi) is 9.85. The third-order valence-corrected chi connectivity index (χ3v) is 10.7. The molecule has 1 saturated heterocycles. The van der Waals surface area contributed by atoms with Gasteiger partial charge in [-0.25, -0.2) is 10.2 Å². The predicted octanol–water partition coefficient (Wildman–Crippen LogP) is 6.75. The number of nitrogens with one attached hydrogen (secondary N) is 1. The van der Waals surface area contributed by atoms with E-state index in [1.165, 1.54) is 44.3 Å². The summed E-state index contributed by atoms with van der Waals surface area (Å²) in [5.74, 6) is -0.881. The Hall–Kier alpha value is -6.77. The molecule has 0 saturated carbocycles. The van der Waals surface area contributed by atoms with Crippen LogP contribution in [0.4, 0.5) is 0 Å². The first-order valence-corrected chi connectivity index (χ1v) is 18.8. The third-order valence-electron chi connectivity index (χ3n) is 10.7. The monoisotopic (exact) mass is 794 g/mol. The number of rotatable bonds is 9.